The van der Waals surface area contributed by atoms with Gasteiger partial charge < -0.3 is 14.6 Å². The smallest absolute Gasteiger partial charge is 0.341 e. The number of aryl methyl sites for hydroxylation is 2. The number of carbonyl (C=O) groups is 2. The lowest BCUT2D eigenvalue weighted by atomic mass is 9.85. The Kier molecular flexibility index (Phi) is 7.95. The fourth-order valence-corrected chi connectivity index (χ4v) is 6.51. The SMILES string of the molecule is CCOC(=O)c1c(NC(=O)CSc2nnc(-c3cc(C)n(C)n3)n2CC)sc2c1CCC(CC)C2. The first-order chi connectivity index (χ1) is 16.9. The monoisotopic (exact) mass is 516 g/mol. The average Bonchev–Trinajstić information content (AvgIpc) is 3.51. The number of thiophene rings is 1. The third-order valence-electron chi connectivity index (χ3n) is 6.39. The molecule has 1 amide bonds. The maximum atomic E-state index is 12.9. The summed E-state index contributed by atoms with van der Waals surface area (Å²) in [5, 5.41) is 17.3. The summed E-state index contributed by atoms with van der Waals surface area (Å²) in [7, 11) is 1.89. The number of ether oxygens (including phenoxy) is 1. The molecular weight excluding hydrogens is 484 g/mol. The van der Waals surface area contributed by atoms with Crippen molar-refractivity contribution in [2.75, 3.05) is 17.7 Å². The van der Waals surface area contributed by atoms with Crippen LogP contribution >= 0.6 is 23.1 Å². The van der Waals surface area contributed by atoms with Gasteiger partial charge in [-0.15, -0.1) is 21.5 Å². The van der Waals surface area contributed by atoms with Gasteiger partial charge in [-0.3, -0.25) is 9.48 Å². The lowest BCUT2D eigenvalue weighted by molar-refractivity contribution is -0.113. The van der Waals surface area contributed by atoms with E-state index in [0.717, 1.165) is 42.6 Å². The Morgan fingerprint density at radius 3 is 2.74 bits per heavy atom. The number of hydrogen-bond acceptors (Lipinski definition) is 8. The molecule has 188 valence electrons. The van der Waals surface area contributed by atoms with Gasteiger partial charge in [0.15, 0.2) is 11.0 Å². The molecule has 1 unspecified atom stereocenters. The van der Waals surface area contributed by atoms with Crippen molar-refractivity contribution in [1.82, 2.24) is 24.5 Å². The highest BCUT2D eigenvalue weighted by molar-refractivity contribution is 7.99. The minimum Gasteiger partial charge on any atom is -0.462 e. The fourth-order valence-electron chi connectivity index (χ4n) is 4.34. The molecule has 9 nitrogen and oxygen atoms in total. The van der Waals surface area contributed by atoms with Gasteiger partial charge in [-0.05, 0) is 57.6 Å². The van der Waals surface area contributed by atoms with E-state index in [1.54, 1.807) is 11.6 Å². The Bertz CT molecular complexity index is 1210. The molecule has 1 aliphatic carbocycles. The molecular formula is C24H32N6O3S2. The number of nitrogens with zero attached hydrogens (tertiary/aromatic N) is 5. The lowest BCUT2D eigenvalue weighted by Gasteiger charge is -2.20. The van der Waals surface area contributed by atoms with Gasteiger partial charge in [-0.25, -0.2) is 4.79 Å². The number of nitrogens with one attached hydrogen (secondary N) is 1. The summed E-state index contributed by atoms with van der Waals surface area (Å²) in [6, 6.07) is 1.97. The number of hydrogen-bond donors (Lipinski definition) is 1. The topological polar surface area (TPSA) is 104 Å². The van der Waals surface area contributed by atoms with E-state index in [0.29, 0.717) is 40.6 Å². The number of esters is 1. The van der Waals surface area contributed by atoms with Crippen LogP contribution in [0.5, 0.6) is 0 Å². The van der Waals surface area contributed by atoms with Gasteiger partial charge in [0, 0.05) is 24.2 Å². The minimum atomic E-state index is -0.357. The highest BCUT2D eigenvalue weighted by atomic mass is 32.2. The highest BCUT2D eigenvalue weighted by Gasteiger charge is 2.30. The Hall–Kier alpha value is -2.66. The Balaban J connectivity index is 1.49. The van der Waals surface area contributed by atoms with Crippen LogP contribution in [0, 0.1) is 12.8 Å². The minimum absolute atomic E-state index is 0.155. The summed E-state index contributed by atoms with van der Waals surface area (Å²) in [5.74, 6) is 0.908. The van der Waals surface area contributed by atoms with Gasteiger partial charge in [0.05, 0.1) is 17.9 Å². The summed E-state index contributed by atoms with van der Waals surface area (Å²) in [6.45, 7) is 8.95. The van der Waals surface area contributed by atoms with E-state index in [1.165, 1.54) is 28.0 Å². The van der Waals surface area contributed by atoms with Crippen molar-refractivity contribution in [1.29, 1.82) is 0 Å². The maximum Gasteiger partial charge on any atom is 0.341 e. The summed E-state index contributed by atoms with van der Waals surface area (Å²) in [6.07, 6.45) is 3.96. The quantitative estimate of drug-likeness (QED) is 0.330. The molecule has 0 aliphatic heterocycles. The molecule has 3 heterocycles. The van der Waals surface area contributed by atoms with E-state index in [-0.39, 0.29) is 17.6 Å². The summed E-state index contributed by atoms with van der Waals surface area (Å²) >= 11 is 2.83. The molecule has 3 aromatic rings. The van der Waals surface area contributed by atoms with Gasteiger partial charge in [0.25, 0.3) is 0 Å². The molecule has 0 spiro atoms. The number of fused-ring (bicyclic) bond motifs is 1. The molecule has 3 aromatic heterocycles. The molecule has 1 atom stereocenters. The largest absolute Gasteiger partial charge is 0.462 e. The van der Waals surface area contributed by atoms with Crippen LogP contribution < -0.4 is 5.32 Å². The number of carbonyl (C=O) groups excluding carboxylic acids is 2. The van der Waals surface area contributed by atoms with Crippen molar-refractivity contribution in [3.8, 4) is 11.5 Å². The Morgan fingerprint density at radius 1 is 1.29 bits per heavy atom. The van der Waals surface area contributed by atoms with Crippen molar-refractivity contribution in [2.24, 2.45) is 13.0 Å². The van der Waals surface area contributed by atoms with Crippen molar-refractivity contribution in [2.45, 2.75) is 65.1 Å². The van der Waals surface area contributed by atoms with Crippen LogP contribution in [0.15, 0.2) is 11.2 Å². The van der Waals surface area contributed by atoms with Crippen LogP contribution in [-0.4, -0.2) is 48.8 Å². The van der Waals surface area contributed by atoms with E-state index in [9.17, 15) is 9.59 Å². The molecule has 0 radical (unpaired) electrons. The first-order valence-corrected chi connectivity index (χ1v) is 13.8. The van der Waals surface area contributed by atoms with Crippen molar-refractivity contribution >= 4 is 40.0 Å². The summed E-state index contributed by atoms with van der Waals surface area (Å²) in [4.78, 5) is 26.9. The number of rotatable bonds is 9. The summed E-state index contributed by atoms with van der Waals surface area (Å²) < 4.78 is 9.08. The van der Waals surface area contributed by atoms with Gasteiger partial charge >= 0.3 is 5.97 Å². The zero-order valence-electron chi connectivity index (χ0n) is 20.9. The van der Waals surface area contributed by atoms with Crippen LogP contribution in [0.4, 0.5) is 5.00 Å². The van der Waals surface area contributed by atoms with E-state index < -0.39 is 0 Å². The third kappa shape index (κ3) is 5.30. The zero-order valence-corrected chi connectivity index (χ0v) is 22.5. The average molecular weight is 517 g/mol. The van der Waals surface area contributed by atoms with Crippen LogP contribution in [-0.2, 0) is 36.0 Å². The van der Waals surface area contributed by atoms with Crippen LogP contribution in [0.25, 0.3) is 11.5 Å². The molecule has 1 N–H and O–H groups in total. The van der Waals surface area contributed by atoms with Gasteiger partial charge in [0.1, 0.15) is 10.7 Å². The van der Waals surface area contributed by atoms with Crippen LogP contribution in [0.3, 0.4) is 0 Å². The third-order valence-corrected chi connectivity index (χ3v) is 8.52. The van der Waals surface area contributed by atoms with E-state index in [2.05, 4.69) is 27.5 Å². The number of amides is 1. The molecule has 0 bridgehead atoms. The van der Waals surface area contributed by atoms with Gasteiger partial charge in [0.2, 0.25) is 5.91 Å². The molecule has 0 aromatic carbocycles. The first-order valence-electron chi connectivity index (χ1n) is 12.0. The molecule has 4 rings (SSSR count). The number of aromatic nitrogens is 5. The first kappa shape index (κ1) is 25.4. The Morgan fingerprint density at radius 2 is 2.09 bits per heavy atom. The van der Waals surface area contributed by atoms with Crippen LogP contribution in [0.1, 0.15) is 60.1 Å². The van der Waals surface area contributed by atoms with E-state index in [4.69, 9.17) is 4.74 Å². The van der Waals surface area contributed by atoms with E-state index in [1.807, 2.05) is 31.5 Å². The molecule has 0 saturated heterocycles. The Labute approximate surface area is 213 Å². The molecule has 11 heteroatoms. The molecule has 0 fully saturated rings. The predicted molar refractivity (Wildman–Crippen MR) is 138 cm³/mol. The van der Waals surface area contributed by atoms with Crippen LogP contribution in [0.2, 0.25) is 0 Å². The molecule has 35 heavy (non-hydrogen) atoms. The van der Waals surface area contributed by atoms with E-state index >= 15 is 0 Å². The van der Waals surface area contributed by atoms with Crippen molar-refractivity contribution < 1.29 is 14.3 Å². The highest BCUT2D eigenvalue weighted by Crippen LogP contribution is 2.41. The number of anilines is 1. The van der Waals surface area contributed by atoms with Crippen molar-refractivity contribution in [3.05, 3.63) is 27.8 Å². The second kappa shape index (κ2) is 10.9. The second-order valence-electron chi connectivity index (χ2n) is 8.63. The molecule has 1 aliphatic rings. The lowest BCUT2D eigenvalue weighted by Crippen LogP contribution is -2.18. The second-order valence-corrected chi connectivity index (χ2v) is 10.7. The molecule has 0 saturated carbocycles. The number of thioether (sulfide) groups is 1. The maximum absolute atomic E-state index is 12.9. The van der Waals surface area contributed by atoms with Gasteiger partial charge in [-0.1, -0.05) is 25.1 Å². The summed E-state index contributed by atoms with van der Waals surface area (Å²) in [5.41, 5.74) is 3.36. The predicted octanol–water partition coefficient (Wildman–Crippen LogP) is 4.49. The van der Waals surface area contributed by atoms with Crippen molar-refractivity contribution in [3.63, 3.8) is 0 Å². The fraction of sp³-hybridized carbons (Fsp3) is 0.542. The zero-order chi connectivity index (χ0) is 25.1. The normalized spacial score (nSPS) is 15.2. The standard InChI is InChI=1S/C24H32N6O3S2/c1-6-15-9-10-16-18(12-15)35-22(20(16)23(32)33-8-3)25-19(31)13-34-24-27-26-21(30(24)7-2)17-11-14(4)29(5)28-17/h11,15H,6-10,12-13H2,1-5H3,(H,25,31). The van der Waals surface area contributed by atoms with Gasteiger partial charge in [-0.2, -0.15) is 5.10 Å².